The van der Waals surface area contributed by atoms with Crippen molar-refractivity contribution in [3.05, 3.63) is 66.2 Å². The van der Waals surface area contributed by atoms with E-state index in [4.69, 9.17) is 4.84 Å². The zero-order valence-corrected chi connectivity index (χ0v) is 10.8. The summed E-state index contributed by atoms with van der Waals surface area (Å²) >= 11 is 0. The summed E-state index contributed by atoms with van der Waals surface area (Å²) in [6.07, 6.45) is 1.06. The molecule has 0 unspecified atom stereocenters. The molecule has 2 nitrogen and oxygen atoms in total. The van der Waals surface area contributed by atoms with Gasteiger partial charge in [-0.25, -0.2) is 0 Å². The molecule has 0 N–H and O–H groups in total. The zero-order chi connectivity index (χ0) is 12.6. The van der Waals surface area contributed by atoms with E-state index in [2.05, 4.69) is 31.2 Å². The zero-order valence-electron chi connectivity index (χ0n) is 10.8. The Hall–Kier alpha value is -1.80. The summed E-state index contributed by atoms with van der Waals surface area (Å²) < 4.78 is 0. The van der Waals surface area contributed by atoms with Gasteiger partial charge in [-0.15, -0.1) is 0 Å². The molecule has 0 aliphatic heterocycles. The summed E-state index contributed by atoms with van der Waals surface area (Å²) in [4.78, 5) is 5.89. The molecule has 0 atom stereocenters. The Labute approximate surface area is 109 Å². The fraction of sp³-hybridized carbons (Fsp3) is 0.250. The summed E-state index contributed by atoms with van der Waals surface area (Å²) in [5, 5.41) is 1.97. The third-order valence-electron chi connectivity index (χ3n) is 2.70. The van der Waals surface area contributed by atoms with Gasteiger partial charge in [0.15, 0.2) is 0 Å². The quantitative estimate of drug-likeness (QED) is 0.708. The number of anilines is 1. The van der Waals surface area contributed by atoms with Crippen LogP contribution in [0.4, 0.5) is 5.69 Å². The highest BCUT2D eigenvalue weighted by molar-refractivity contribution is 5.43. The van der Waals surface area contributed by atoms with E-state index in [-0.39, 0.29) is 0 Å². The van der Waals surface area contributed by atoms with Gasteiger partial charge in [0.2, 0.25) is 0 Å². The summed E-state index contributed by atoms with van der Waals surface area (Å²) in [5.41, 5.74) is 2.30. The van der Waals surface area contributed by atoms with E-state index in [0.29, 0.717) is 6.61 Å². The van der Waals surface area contributed by atoms with Crippen molar-refractivity contribution in [1.29, 1.82) is 0 Å². The molecule has 2 rings (SSSR count). The highest BCUT2D eigenvalue weighted by Crippen LogP contribution is 2.15. The van der Waals surface area contributed by atoms with Crippen molar-refractivity contribution in [2.75, 3.05) is 11.6 Å². The molecule has 2 aromatic carbocycles. The second-order valence-corrected chi connectivity index (χ2v) is 4.20. The second-order valence-electron chi connectivity index (χ2n) is 4.20. The van der Waals surface area contributed by atoms with E-state index in [1.807, 2.05) is 41.5 Å². The van der Waals surface area contributed by atoms with Gasteiger partial charge in [-0.2, -0.15) is 0 Å². The molecule has 0 amide bonds. The van der Waals surface area contributed by atoms with Crippen molar-refractivity contribution < 1.29 is 4.84 Å². The van der Waals surface area contributed by atoms with Gasteiger partial charge in [-0.05, 0) is 24.1 Å². The number of benzene rings is 2. The van der Waals surface area contributed by atoms with Crippen molar-refractivity contribution in [2.45, 2.75) is 20.0 Å². The van der Waals surface area contributed by atoms with Crippen LogP contribution >= 0.6 is 0 Å². The number of para-hydroxylation sites is 1. The predicted octanol–water partition coefficient (Wildman–Crippen LogP) is 4.03. The van der Waals surface area contributed by atoms with Crippen LogP contribution in [0.2, 0.25) is 0 Å². The van der Waals surface area contributed by atoms with E-state index >= 15 is 0 Å². The monoisotopic (exact) mass is 241 g/mol. The predicted molar refractivity (Wildman–Crippen MR) is 75.3 cm³/mol. The third-order valence-corrected chi connectivity index (χ3v) is 2.70. The third kappa shape index (κ3) is 3.60. The summed E-state index contributed by atoms with van der Waals surface area (Å²) in [6.45, 7) is 3.66. The van der Waals surface area contributed by atoms with Crippen LogP contribution in [0.15, 0.2) is 60.7 Å². The lowest BCUT2D eigenvalue weighted by atomic mass is 10.2. The van der Waals surface area contributed by atoms with Gasteiger partial charge in [0.1, 0.15) is 0 Å². The minimum atomic E-state index is 0.607. The molecule has 0 radical (unpaired) electrons. The molecule has 0 aliphatic carbocycles. The van der Waals surface area contributed by atoms with Crippen LogP contribution in [0.5, 0.6) is 0 Å². The van der Waals surface area contributed by atoms with E-state index < -0.39 is 0 Å². The summed E-state index contributed by atoms with van der Waals surface area (Å²) in [7, 11) is 0. The summed E-state index contributed by atoms with van der Waals surface area (Å²) in [5.74, 6) is 0. The smallest absolute Gasteiger partial charge is 0.0999 e. The van der Waals surface area contributed by atoms with E-state index in [0.717, 1.165) is 18.7 Å². The van der Waals surface area contributed by atoms with Gasteiger partial charge < -0.3 is 0 Å². The Balaban J connectivity index is 1.99. The Bertz CT molecular complexity index is 441. The molecule has 0 saturated carbocycles. The van der Waals surface area contributed by atoms with E-state index in [1.54, 1.807) is 0 Å². The van der Waals surface area contributed by atoms with Crippen LogP contribution in [-0.2, 0) is 11.4 Å². The maximum absolute atomic E-state index is 5.89. The molecule has 0 saturated heterocycles. The molecule has 0 heterocycles. The van der Waals surface area contributed by atoms with Crippen LogP contribution in [0, 0.1) is 0 Å². The molecule has 0 spiro atoms. The maximum Gasteiger partial charge on any atom is 0.0999 e. The lowest BCUT2D eigenvalue weighted by molar-refractivity contribution is 0.0944. The first-order valence-corrected chi connectivity index (χ1v) is 6.39. The fourth-order valence-corrected chi connectivity index (χ4v) is 1.79. The number of rotatable bonds is 6. The van der Waals surface area contributed by atoms with Gasteiger partial charge in [0.25, 0.3) is 0 Å². The Kier molecular flexibility index (Phi) is 4.79. The van der Waals surface area contributed by atoms with Crippen LogP contribution in [0.1, 0.15) is 18.9 Å². The largest absolute Gasteiger partial charge is 0.269 e. The van der Waals surface area contributed by atoms with E-state index in [9.17, 15) is 0 Å². The lowest BCUT2D eigenvalue weighted by Crippen LogP contribution is -2.24. The molecule has 2 aromatic rings. The number of hydrogen-bond donors (Lipinski definition) is 0. The first-order chi connectivity index (χ1) is 8.90. The van der Waals surface area contributed by atoms with Gasteiger partial charge in [-0.3, -0.25) is 9.90 Å². The second kappa shape index (κ2) is 6.82. The molecule has 0 aromatic heterocycles. The van der Waals surface area contributed by atoms with Crippen LogP contribution in [-0.4, -0.2) is 6.54 Å². The molecule has 0 bridgehead atoms. The maximum atomic E-state index is 5.89. The fourth-order valence-electron chi connectivity index (χ4n) is 1.79. The van der Waals surface area contributed by atoms with Crippen molar-refractivity contribution in [3.8, 4) is 0 Å². The van der Waals surface area contributed by atoms with Crippen LogP contribution in [0.25, 0.3) is 0 Å². The average molecular weight is 241 g/mol. The molecular weight excluding hydrogens is 222 g/mol. The van der Waals surface area contributed by atoms with Crippen LogP contribution in [0.3, 0.4) is 0 Å². The SMILES string of the molecule is CCCN(OCc1ccccc1)c1ccccc1. The van der Waals surface area contributed by atoms with Crippen molar-refractivity contribution in [1.82, 2.24) is 0 Å². The highest BCUT2D eigenvalue weighted by atomic mass is 16.7. The normalized spacial score (nSPS) is 10.3. The van der Waals surface area contributed by atoms with Gasteiger partial charge >= 0.3 is 0 Å². The Morgan fingerprint density at radius 3 is 2.11 bits per heavy atom. The minimum absolute atomic E-state index is 0.607. The van der Waals surface area contributed by atoms with E-state index in [1.165, 1.54) is 5.56 Å². The lowest BCUT2D eigenvalue weighted by Gasteiger charge is -2.23. The van der Waals surface area contributed by atoms with Gasteiger partial charge in [0.05, 0.1) is 12.3 Å². The Morgan fingerprint density at radius 2 is 1.50 bits per heavy atom. The number of nitrogens with zero attached hydrogens (tertiary/aromatic N) is 1. The van der Waals surface area contributed by atoms with Crippen LogP contribution < -0.4 is 5.06 Å². The number of hydrogen-bond acceptors (Lipinski definition) is 2. The first-order valence-electron chi connectivity index (χ1n) is 6.39. The summed E-state index contributed by atoms with van der Waals surface area (Å²) in [6, 6.07) is 20.5. The highest BCUT2D eigenvalue weighted by Gasteiger charge is 2.05. The van der Waals surface area contributed by atoms with Gasteiger partial charge in [0, 0.05) is 6.54 Å². The molecule has 94 valence electrons. The standard InChI is InChI=1S/C16H19NO/c1-2-13-17(16-11-7-4-8-12-16)18-14-15-9-5-3-6-10-15/h3-12H,2,13-14H2,1H3. The van der Waals surface area contributed by atoms with Crippen molar-refractivity contribution in [3.63, 3.8) is 0 Å². The molecule has 2 heteroatoms. The topological polar surface area (TPSA) is 12.5 Å². The molecule has 18 heavy (non-hydrogen) atoms. The molecule has 0 fully saturated rings. The molecular formula is C16H19NO. The number of hydroxylamine groups is 1. The van der Waals surface area contributed by atoms with Gasteiger partial charge in [-0.1, -0.05) is 55.5 Å². The minimum Gasteiger partial charge on any atom is -0.269 e. The molecule has 0 aliphatic rings. The average Bonchev–Trinajstić information content (AvgIpc) is 2.45. The van der Waals surface area contributed by atoms with Crippen molar-refractivity contribution in [2.24, 2.45) is 0 Å². The first kappa shape index (κ1) is 12.7. The van der Waals surface area contributed by atoms with Crippen molar-refractivity contribution >= 4 is 5.69 Å². The Morgan fingerprint density at radius 1 is 0.889 bits per heavy atom.